The Morgan fingerprint density at radius 3 is 2.77 bits per heavy atom. The number of thiazole rings is 1. The molecule has 0 aliphatic carbocycles. The lowest BCUT2D eigenvalue weighted by molar-refractivity contribution is -0.116. The third-order valence-electron chi connectivity index (χ3n) is 5.16. The van der Waals surface area contributed by atoms with E-state index in [2.05, 4.69) is 20.7 Å². The monoisotopic (exact) mass is 496 g/mol. The molecule has 1 aromatic carbocycles. The van der Waals surface area contributed by atoms with E-state index < -0.39 is 17.9 Å². The van der Waals surface area contributed by atoms with Gasteiger partial charge in [0, 0.05) is 37.7 Å². The van der Waals surface area contributed by atoms with Crippen LogP contribution in [0.2, 0.25) is 0 Å². The van der Waals surface area contributed by atoms with Gasteiger partial charge in [-0.1, -0.05) is 23.5 Å². The lowest BCUT2D eigenvalue weighted by Gasteiger charge is -2.16. The molecule has 184 valence electrons. The lowest BCUT2D eigenvalue weighted by Crippen LogP contribution is -2.37. The molecular weight excluding hydrogens is 468 g/mol. The molecule has 0 spiro atoms. The van der Waals surface area contributed by atoms with Crippen LogP contribution in [0.15, 0.2) is 29.4 Å². The number of amides is 2. The van der Waals surface area contributed by atoms with Gasteiger partial charge in [0.1, 0.15) is 4.88 Å². The number of anilines is 1. The van der Waals surface area contributed by atoms with Gasteiger partial charge in [0.25, 0.3) is 5.91 Å². The van der Waals surface area contributed by atoms with Crippen LogP contribution in [0.4, 0.5) is 5.13 Å². The average molecular weight is 497 g/mol. The van der Waals surface area contributed by atoms with E-state index in [0.717, 1.165) is 23.4 Å². The molecule has 0 bridgehead atoms. The highest BCUT2D eigenvalue weighted by Crippen LogP contribution is 2.24. The van der Waals surface area contributed by atoms with E-state index in [9.17, 15) is 19.6 Å². The molecule has 1 aromatic heterocycles. The largest absolute Gasteiger partial charge is 0.459 e. The van der Waals surface area contributed by atoms with Gasteiger partial charge in [-0.2, -0.15) is 10.4 Å². The van der Waals surface area contributed by atoms with Gasteiger partial charge in [-0.3, -0.25) is 14.6 Å². The van der Waals surface area contributed by atoms with Crippen molar-refractivity contribution in [3.63, 3.8) is 0 Å². The third-order valence-corrected chi connectivity index (χ3v) is 6.21. The number of nitriles is 1. The summed E-state index contributed by atoms with van der Waals surface area (Å²) in [5, 5.41) is 20.9. The fourth-order valence-corrected chi connectivity index (χ4v) is 4.39. The van der Waals surface area contributed by atoms with E-state index in [1.54, 1.807) is 39.0 Å². The quantitative estimate of drug-likeness (QED) is 0.509. The summed E-state index contributed by atoms with van der Waals surface area (Å²) >= 11 is 1.02. The topological polar surface area (TPSA) is 137 Å². The van der Waals surface area contributed by atoms with Crippen molar-refractivity contribution in [3.05, 3.63) is 46.0 Å². The van der Waals surface area contributed by atoms with Crippen LogP contribution in [0.1, 0.15) is 63.9 Å². The molecular formula is C24H28N6O4S. The predicted octanol–water partition coefficient (Wildman–Crippen LogP) is 3.07. The molecule has 0 radical (unpaired) electrons. The van der Waals surface area contributed by atoms with Gasteiger partial charge in [-0.05, 0) is 38.5 Å². The standard InChI is InChI=1S/C24H28N6O4S/c1-14(2)34-23(33)21-15(3)27-24(35-21)29-20(31)11-19(8-9-25)28-22(32)17-7-5-6-16(10-17)18-12-26-30(4)13-18/h5-7,10,12,14,18-19H,8,11,13H2,1-4H3,(H,28,32)(H,27,29,31)/t18?,19-/m1/s1. The number of nitrogens with one attached hydrogen (secondary N) is 2. The summed E-state index contributed by atoms with van der Waals surface area (Å²) in [4.78, 5) is 42.1. The number of benzene rings is 1. The number of hydrogen-bond acceptors (Lipinski definition) is 9. The van der Waals surface area contributed by atoms with Crippen LogP contribution in [0, 0.1) is 18.3 Å². The molecule has 35 heavy (non-hydrogen) atoms. The SMILES string of the molecule is Cc1nc(NC(=O)C[C@@H](CC#N)NC(=O)c2cccc(C3C=NN(C)C3)c2)sc1C(=O)OC(C)C. The summed E-state index contributed by atoms with van der Waals surface area (Å²) in [5.41, 5.74) is 1.86. The number of carbonyl (C=O) groups is 3. The minimum absolute atomic E-state index is 0.0399. The first-order chi connectivity index (χ1) is 16.7. The number of hydrazone groups is 1. The lowest BCUT2D eigenvalue weighted by atomic mass is 9.98. The zero-order valence-corrected chi connectivity index (χ0v) is 20.9. The molecule has 1 unspecified atom stereocenters. The van der Waals surface area contributed by atoms with Crippen LogP contribution in [0.3, 0.4) is 0 Å². The van der Waals surface area contributed by atoms with Crippen molar-refractivity contribution in [2.24, 2.45) is 5.10 Å². The number of rotatable bonds is 9. The highest BCUT2D eigenvalue weighted by atomic mass is 32.1. The van der Waals surface area contributed by atoms with E-state index in [4.69, 9.17) is 4.74 Å². The van der Waals surface area contributed by atoms with E-state index in [-0.39, 0.29) is 35.9 Å². The molecule has 0 fully saturated rings. The molecule has 11 heteroatoms. The van der Waals surface area contributed by atoms with Gasteiger partial charge < -0.3 is 15.4 Å². The molecule has 2 N–H and O–H groups in total. The first-order valence-corrected chi connectivity index (χ1v) is 12.0. The second kappa shape index (κ2) is 11.6. The number of likely N-dealkylation sites (N-methyl/N-ethyl adjacent to an activating group) is 1. The number of carbonyl (C=O) groups excluding carboxylic acids is 3. The molecule has 1 aliphatic rings. The Morgan fingerprint density at radius 2 is 2.11 bits per heavy atom. The number of aryl methyl sites for hydroxylation is 1. The van der Waals surface area contributed by atoms with Crippen molar-refractivity contribution >= 4 is 40.5 Å². The summed E-state index contributed by atoms with van der Waals surface area (Å²) in [6.45, 7) is 5.89. The minimum Gasteiger partial charge on any atom is -0.459 e. The van der Waals surface area contributed by atoms with E-state index in [1.807, 2.05) is 30.4 Å². The summed E-state index contributed by atoms with van der Waals surface area (Å²) < 4.78 is 5.19. The minimum atomic E-state index is -0.693. The second-order valence-corrected chi connectivity index (χ2v) is 9.51. The Morgan fingerprint density at radius 1 is 1.34 bits per heavy atom. The van der Waals surface area contributed by atoms with Crippen LogP contribution >= 0.6 is 11.3 Å². The van der Waals surface area contributed by atoms with Gasteiger partial charge in [0.05, 0.1) is 30.3 Å². The van der Waals surface area contributed by atoms with Crippen LogP contribution < -0.4 is 10.6 Å². The van der Waals surface area contributed by atoms with E-state index >= 15 is 0 Å². The Labute approximate surface area is 208 Å². The van der Waals surface area contributed by atoms with Crippen LogP contribution in [-0.4, -0.2) is 59.7 Å². The van der Waals surface area contributed by atoms with E-state index in [0.29, 0.717) is 16.1 Å². The molecule has 2 atom stereocenters. The van der Waals surface area contributed by atoms with Gasteiger partial charge in [-0.15, -0.1) is 0 Å². The van der Waals surface area contributed by atoms with Crippen molar-refractivity contribution in [1.29, 1.82) is 5.26 Å². The van der Waals surface area contributed by atoms with Crippen LogP contribution in [0.5, 0.6) is 0 Å². The molecule has 0 saturated heterocycles. The third kappa shape index (κ3) is 7.10. The zero-order chi connectivity index (χ0) is 25.5. The summed E-state index contributed by atoms with van der Waals surface area (Å²) in [7, 11) is 1.88. The van der Waals surface area contributed by atoms with Gasteiger partial charge in [0.2, 0.25) is 5.91 Å². The zero-order valence-electron chi connectivity index (χ0n) is 20.1. The molecule has 0 saturated carbocycles. The summed E-state index contributed by atoms with van der Waals surface area (Å²) in [6.07, 6.45) is 1.41. The highest BCUT2D eigenvalue weighted by Gasteiger charge is 2.22. The maximum atomic E-state index is 12.9. The smallest absolute Gasteiger partial charge is 0.350 e. The van der Waals surface area contributed by atoms with Gasteiger partial charge in [0.15, 0.2) is 5.13 Å². The summed E-state index contributed by atoms with van der Waals surface area (Å²) in [5.74, 6) is -1.20. The fourth-order valence-electron chi connectivity index (χ4n) is 3.53. The number of esters is 1. The molecule has 1 aliphatic heterocycles. The number of aromatic nitrogens is 1. The number of nitrogens with zero attached hydrogens (tertiary/aromatic N) is 4. The van der Waals surface area contributed by atoms with Crippen molar-refractivity contribution in [1.82, 2.24) is 15.3 Å². The second-order valence-electron chi connectivity index (χ2n) is 8.51. The first kappa shape index (κ1) is 25.8. The molecule has 2 aromatic rings. The van der Waals surface area contributed by atoms with Crippen LogP contribution in [0.25, 0.3) is 0 Å². The first-order valence-electron chi connectivity index (χ1n) is 11.2. The Kier molecular flexibility index (Phi) is 8.54. The van der Waals surface area contributed by atoms with Crippen molar-refractivity contribution in [2.45, 2.75) is 51.7 Å². The maximum Gasteiger partial charge on any atom is 0.350 e. The molecule has 2 heterocycles. The Bertz CT molecular complexity index is 1170. The van der Waals surface area contributed by atoms with Crippen molar-refractivity contribution in [3.8, 4) is 6.07 Å². The normalized spacial score (nSPS) is 15.5. The van der Waals surface area contributed by atoms with Crippen LogP contribution in [-0.2, 0) is 9.53 Å². The Hall–Kier alpha value is -3.78. The van der Waals surface area contributed by atoms with Gasteiger partial charge in [-0.25, -0.2) is 9.78 Å². The Balaban J connectivity index is 1.62. The molecule has 10 nitrogen and oxygen atoms in total. The van der Waals surface area contributed by atoms with E-state index in [1.165, 1.54) is 0 Å². The molecule has 2 amide bonds. The number of ether oxygens (including phenoxy) is 1. The summed E-state index contributed by atoms with van der Waals surface area (Å²) in [6, 6.07) is 8.54. The predicted molar refractivity (Wildman–Crippen MR) is 132 cm³/mol. The highest BCUT2D eigenvalue weighted by molar-refractivity contribution is 7.17. The fraction of sp³-hybridized carbons (Fsp3) is 0.417. The average Bonchev–Trinajstić information content (AvgIpc) is 3.38. The molecule has 3 rings (SSSR count). The number of hydrogen-bond donors (Lipinski definition) is 2. The van der Waals surface area contributed by atoms with Crippen molar-refractivity contribution < 1.29 is 19.1 Å². The maximum absolute atomic E-state index is 12.9. The van der Waals surface area contributed by atoms with Gasteiger partial charge >= 0.3 is 5.97 Å². The van der Waals surface area contributed by atoms with Crippen molar-refractivity contribution in [2.75, 3.05) is 18.9 Å².